The van der Waals surface area contributed by atoms with Crippen LogP contribution in [0.3, 0.4) is 0 Å². The van der Waals surface area contributed by atoms with Gasteiger partial charge in [0.1, 0.15) is 0 Å². The number of alkyl halides is 1. The van der Waals surface area contributed by atoms with Gasteiger partial charge in [-0.05, 0) is 105 Å². The molecule has 0 saturated carbocycles. The number of nitrogens with zero attached hydrogens (tertiary/aromatic N) is 1. The van der Waals surface area contributed by atoms with Crippen molar-refractivity contribution < 1.29 is 173 Å². The molecule has 6 rings (SSSR count). The van der Waals surface area contributed by atoms with Crippen molar-refractivity contribution in [1.82, 2.24) is 10.2 Å². The fourth-order valence-corrected chi connectivity index (χ4v) is 4.94. The average Bonchev–Trinajstić information content (AvgIpc) is 3.46. The first-order valence-corrected chi connectivity index (χ1v) is 15.6. The van der Waals surface area contributed by atoms with Crippen LogP contribution in [0.4, 0.5) is 0 Å². The molecular formula is C31H23BrCs2I2N2O7. The third kappa shape index (κ3) is 13.5. The van der Waals surface area contributed by atoms with Crippen molar-refractivity contribution in [3.05, 3.63) is 138 Å². The van der Waals surface area contributed by atoms with Gasteiger partial charge in [0.05, 0.1) is 28.8 Å². The summed E-state index contributed by atoms with van der Waals surface area (Å²) in [4.78, 5) is 58.8. The van der Waals surface area contributed by atoms with Gasteiger partial charge < -0.3 is 11.6 Å². The number of halogens is 3. The number of imide groups is 2. The minimum atomic E-state index is -0.300. The Bertz CT molecular complexity index is 1560. The molecule has 45 heavy (non-hydrogen) atoms. The van der Waals surface area contributed by atoms with Crippen LogP contribution in [0.2, 0.25) is 0 Å². The number of carbonyl (C=O) groups excluding carboxylic acids is 5. The monoisotopic (exact) mass is 1130 g/mol. The van der Waals surface area contributed by atoms with Crippen molar-refractivity contribution in [3.63, 3.8) is 0 Å². The third-order valence-electron chi connectivity index (χ3n) is 5.88. The van der Waals surface area contributed by atoms with Crippen LogP contribution in [-0.4, -0.2) is 35.0 Å². The molecule has 0 unspecified atom stereocenters. The quantitative estimate of drug-likeness (QED) is 0.0722. The fourth-order valence-electron chi connectivity index (χ4n) is 3.85. The number of nitrogens with one attached hydrogen (secondary N) is 1. The van der Waals surface area contributed by atoms with E-state index in [0.29, 0.717) is 28.8 Å². The van der Waals surface area contributed by atoms with E-state index in [1.54, 1.807) is 48.5 Å². The number of hydrogen-bond acceptors (Lipinski definition) is 7. The number of benzene rings is 4. The number of rotatable bonds is 4. The molecule has 4 amide bonds. The number of fused-ring (bicyclic) bond motifs is 2. The molecule has 2 aliphatic heterocycles. The molecule has 2 aliphatic rings. The summed E-state index contributed by atoms with van der Waals surface area (Å²) in [5.74, 6) is -1.02. The summed E-state index contributed by atoms with van der Waals surface area (Å²) in [5.41, 5.74) is 4.22. The summed E-state index contributed by atoms with van der Waals surface area (Å²) in [7, 11) is 0. The largest absolute Gasteiger partial charge is 1.00 e. The molecule has 14 heteroatoms. The Kier molecular flexibility index (Phi) is 22.4. The third-order valence-corrected chi connectivity index (χ3v) is 7.97. The minimum Gasteiger partial charge on any atom is -1.00 e. The van der Waals surface area contributed by atoms with Crippen molar-refractivity contribution in [2.75, 3.05) is 0 Å². The molecule has 0 spiro atoms. The minimum absolute atomic E-state index is 0. The van der Waals surface area contributed by atoms with Crippen molar-refractivity contribution >= 4 is 91.2 Å². The van der Waals surface area contributed by atoms with E-state index in [1.165, 1.54) is 14.0 Å². The zero-order valence-corrected chi connectivity index (χ0v) is 42.6. The number of hydrogen-bond donors (Lipinski definition) is 1. The first kappa shape index (κ1) is 43.7. The van der Waals surface area contributed by atoms with E-state index in [-0.39, 0.29) is 169 Å². The molecular weight excluding hydrogens is 1110 g/mol. The normalized spacial score (nSPS) is 11.8. The van der Waals surface area contributed by atoms with Crippen LogP contribution < -0.4 is 148 Å². The Morgan fingerprint density at radius 2 is 1.04 bits per heavy atom. The maximum absolute atomic E-state index is 12.2. The predicted octanol–water partition coefficient (Wildman–Crippen LogP) is -0.601. The van der Waals surface area contributed by atoms with Crippen LogP contribution in [-0.2, 0) is 21.6 Å². The molecule has 1 N–H and O–H groups in total. The fraction of sp³-hybridized carbons (Fsp3) is 0.0645. The van der Waals surface area contributed by atoms with E-state index in [1.807, 2.05) is 24.3 Å². The first-order chi connectivity index (χ1) is 20.7. The molecule has 222 valence electrons. The van der Waals surface area contributed by atoms with E-state index < -0.39 is 0 Å². The van der Waals surface area contributed by atoms with Crippen molar-refractivity contribution in [3.8, 4) is 0 Å². The zero-order chi connectivity index (χ0) is 31.4. The second kappa shape index (κ2) is 23.1. The van der Waals surface area contributed by atoms with E-state index in [4.69, 9.17) is 10.1 Å². The molecule has 0 atom stereocenters. The van der Waals surface area contributed by atoms with Gasteiger partial charge in [0.15, 0.2) is 0 Å². The summed E-state index contributed by atoms with van der Waals surface area (Å²) in [6, 6.07) is 29.9. The van der Waals surface area contributed by atoms with Crippen LogP contribution >= 0.6 is 61.1 Å². The molecule has 0 radical (unpaired) electrons. The number of carbonyl (C=O) groups is 5. The molecule has 0 aliphatic carbocycles. The molecule has 2 heterocycles. The Balaban J connectivity index is 0.000000646. The molecule has 0 aromatic heterocycles. The van der Waals surface area contributed by atoms with Crippen LogP contribution in [0.1, 0.15) is 54.0 Å². The Labute approximate surface area is 415 Å². The van der Waals surface area contributed by atoms with Crippen LogP contribution in [0.25, 0.3) is 0 Å². The van der Waals surface area contributed by atoms with Crippen LogP contribution in [0, 0.1) is 7.14 Å². The standard InChI is InChI=1S/C15H10INO2.C8H5NO2.C7H6BrI.CH2O3.2Cs.H/c16-11-7-5-10(6-8-11)9-17-14(18)12-3-1-2-4-13(12)15(17)19;10-7-5-3-1-2-4-6(5)8(11)9-7;8-5-6-1-3-7(9)4-2-6;2-1-4-3;;;/h1-8H,9H2;1-4H,(H,9,10,11);1-4H,5H2;1,3H;;;/q;;;;2*+1;-1/p-1. The molecule has 0 fully saturated rings. The predicted molar refractivity (Wildman–Crippen MR) is 178 cm³/mol. The van der Waals surface area contributed by atoms with Gasteiger partial charge in [-0.15, -0.1) is 0 Å². The Hall–Kier alpha value is 0.634. The second-order valence-electron chi connectivity index (χ2n) is 8.65. The number of amides is 4. The van der Waals surface area contributed by atoms with Gasteiger partial charge in [0.25, 0.3) is 30.1 Å². The van der Waals surface area contributed by atoms with Crippen molar-refractivity contribution in [2.45, 2.75) is 11.9 Å². The summed E-state index contributed by atoms with van der Waals surface area (Å²) in [6.45, 7) is 0.142. The van der Waals surface area contributed by atoms with Crippen molar-refractivity contribution in [2.24, 2.45) is 0 Å². The summed E-state index contributed by atoms with van der Waals surface area (Å²) in [6.07, 6.45) is 0. The smallest absolute Gasteiger partial charge is 1.00 e. The van der Waals surface area contributed by atoms with E-state index in [2.05, 4.69) is 95.6 Å². The van der Waals surface area contributed by atoms with Crippen LogP contribution in [0.5, 0.6) is 0 Å². The van der Waals surface area contributed by atoms with Gasteiger partial charge in [-0.1, -0.05) is 64.5 Å². The SMILES string of the molecule is BrCc1ccc(I)cc1.O=C1NC(=O)c2ccccc21.O=C1c2ccccc2C(=O)N1Cc1ccc(I)cc1.O=CO[O-].[Cs+].[Cs+].[H-]. The second-order valence-corrected chi connectivity index (χ2v) is 11.7. The molecule has 0 saturated heterocycles. The molecule has 4 aromatic carbocycles. The summed E-state index contributed by atoms with van der Waals surface area (Å²) in [5, 5.41) is 11.6. The van der Waals surface area contributed by atoms with Gasteiger partial charge in [0.2, 0.25) is 0 Å². The molecule has 9 nitrogen and oxygen atoms in total. The Morgan fingerprint density at radius 1 is 0.689 bits per heavy atom. The van der Waals surface area contributed by atoms with Gasteiger partial charge in [0, 0.05) is 12.5 Å². The maximum Gasteiger partial charge on any atom is 1.00 e. The van der Waals surface area contributed by atoms with Crippen LogP contribution in [0.15, 0.2) is 97.1 Å². The Morgan fingerprint density at radius 3 is 1.40 bits per heavy atom. The average molecular weight is 1140 g/mol. The summed E-state index contributed by atoms with van der Waals surface area (Å²) >= 11 is 7.90. The topological polar surface area (TPSA) is 133 Å². The molecule has 0 bridgehead atoms. The zero-order valence-electron chi connectivity index (χ0n) is 25.2. The van der Waals surface area contributed by atoms with Gasteiger partial charge in [-0.2, -0.15) is 0 Å². The van der Waals surface area contributed by atoms with Gasteiger partial charge >= 0.3 is 138 Å². The van der Waals surface area contributed by atoms with Gasteiger partial charge in [-0.25, -0.2) is 0 Å². The van der Waals surface area contributed by atoms with E-state index in [0.717, 1.165) is 14.5 Å². The first-order valence-electron chi connectivity index (χ1n) is 12.4. The van der Waals surface area contributed by atoms with Crippen molar-refractivity contribution in [1.29, 1.82) is 0 Å². The van der Waals surface area contributed by atoms with E-state index >= 15 is 0 Å². The molecule has 4 aromatic rings. The maximum atomic E-state index is 12.2. The summed E-state index contributed by atoms with van der Waals surface area (Å²) < 4.78 is 2.42. The van der Waals surface area contributed by atoms with E-state index in [9.17, 15) is 19.2 Å². The van der Waals surface area contributed by atoms with Gasteiger partial charge in [-0.3, -0.25) is 34.2 Å².